The van der Waals surface area contributed by atoms with Gasteiger partial charge in [-0.1, -0.05) is 6.07 Å². The third-order valence-electron chi connectivity index (χ3n) is 3.59. The minimum atomic E-state index is -0.289. The van der Waals surface area contributed by atoms with Gasteiger partial charge in [-0.25, -0.2) is 0 Å². The third-order valence-corrected chi connectivity index (χ3v) is 3.59. The molecule has 1 saturated heterocycles. The van der Waals surface area contributed by atoms with Crippen molar-refractivity contribution in [3.05, 3.63) is 29.3 Å². The van der Waals surface area contributed by atoms with Crippen LogP contribution in [0.3, 0.4) is 0 Å². The second-order valence-corrected chi connectivity index (χ2v) is 4.87. The number of hydrogen-bond donors (Lipinski definition) is 1. The Kier molecular flexibility index (Phi) is 3.04. The number of hydrogen-bond acceptors (Lipinski definition) is 3. The molecule has 0 amide bonds. The van der Waals surface area contributed by atoms with E-state index in [2.05, 4.69) is 6.07 Å². The average molecular weight is 234 g/mol. The number of fused-ring (bicyclic) bond motifs is 1. The first-order valence-corrected chi connectivity index (χ1v) is 6.38. The number of rotatable bonds is 2. The molecule has 1 aliphatic carbocycles. The second-order valence-electron chi connectivity index (χ2n) is 4.87. The predicted molar refractivity (Wildman–Crippen MR) is 64.2 cm³/mol. The van der Waals surface area contributed by atoms with Gasteiger partial charge in [-0.2, -0.15) is 0 Å². The Balaban J connectivity index is 1.77. The molecule has 1 aliphatic heterocycles. The summed E-state index contributed by atoms with van der Waals surface area (Å²) in [5.41, 5.74) is 2.31. The Morgan fingerprint density at radius 2 is 2.24 bits per heavy atom. The van der Waals surface area contributed by atoms with Gasteiger partial charge in [0.25, 0.3) is 0 Å². The van der Waals surface area contributed by atoms with E-state index in [1.54, 1.807) is 0 Å². The molecule has 1 fully saturated rings. The summed E-state index contributed by atoms with van der Waals surface area (Å²) in [6, 6.07) is 6.05. The molecule has 0 saturated carbocycles. The van der Waals surface area contributed by atoms with Crippen molar-refractivity contribution in [2.75, 3.05) is 13.2 Å². The molecule has 2 unspecified atom stereocenters. The van der Waals surface area contributed by atoms with Gasteiger partial charge in [0.05, 0.1) is 19.3 Å². The monoisotopic (exact) mass is 234 g/mol. The zero-order valence-electron chi connectivity index (χ0n) is 9.89. The van der Waals surface area contributed by atoms with Crippen molar-refractivity contribution >= 4 is 0 Å². The van der Waals surface area contributed by atoms with Crippen LogP contribution in [0, 0.1) is 0 Å². The van der Waals surface area contributed by atoms with E-state index in [0.717, 1.165) is 43.6 Å². The Bertz CT molecular complexity index is 396. The van der Waals surface area contributed by atoms with Gasteiger partial charge in [0.1, 0.15) is 11.9 Å². The molecular weight excluding hydrogens is 216 g/mol. The summed E-state index contributed by atoms with van der Waals surface area (Å²) in [5, 5.41) is 9.88. The topological polar surface area (TPSA) is 38.7 Å². The van der Waals surface area contributed by atoms with E-state index in [1.807, 2.05) is 12.1 Å². The van der Waals surface area contributed by atoms with Crippen LogP contribution in [-0.4, -0.2) is 24.4 Å². The highest BCUT2D eigenvalue weighted by Crippen LogP contribution is 2.32. The molecule has 2 atom stereocenters. The smallest absolute Gasteiger partial charge is 0.124 e. The summed E-state index contributed by atoms with van der Waals surface area (Å²) in [4.78, 5) is 0. The molecule has 0 bridgehead atoms. The van der Waals surface area contributed by atoms with Gasteiger partial charge in [-0.05, 0) is 42.5 Å². The lowest BCUT2D eigenvalue weighted by atomic mass is 9.89. The van der Waals surface area contributed by atoms with Crippen molar-refractivity contribution in [1.29, 1.82) is 0 Å². The SMILES string of the molecule is OC1CCCc2cc(OC3CCOC3)ccc21. The standard InChI is InChI=1S/C14H18O3/c15-14-3-1-2-10-8-11(4-5-13(10)14)17-12-6-7-16-9-12/h4-5,8,12,14-15H,1-3,6-7,9H2. The van der Waals surface area contributed by atoms with Crippen LogP contribution in [0.15, 0.2) is 18.2 Å². The van der Waals surface area contributed by atoms with Gasteiger partial charge >= 0.3 is 0 Å². The minimum Gasteiger partial charge on any atom is -0.488 e. The normalized spacial score (nSPS) is 27.8. The minimum absolute atomic E-state index is 0.196. The van der Waals surface area contributed by atoms with Crippen LogP contribution >= 0.6 is 0 Å². The lowest BCUT2D eigenvalue weighted by molar-refractivity contribution is 0.140. The molecule has 0 aromatic heterocycles. The van der Waals surface area contributed by atoms with Crippen LogP contribution in [0.1, 0.15) is 36.5 Å². The predicted octanol–water partition coefficient (Wildman–Crippen LogP) is 2.22. The van der Waals surface area contributed by atoms with Crippen molar-refractivity contribution in [3.63, 3.8) is 0 Å². The van der Waals surface area contributed by atoms with Gasteiger partial charge in [0.15, 0.2) is 0 Å². The molecule has 3 nitrogen and oxygen atoms in total. The summed E-state index contributed by atoms with van der Waals surface area (Å²) in [7, 11) is 0. The van der Waals surface area contributed by atoms with Gasteiger partial charge in [0.2, 0.25) is 0 Å². The number of aliphatic hydroxyl groups is 1. The highest BCUT2D eigenvalue weighted by molar-refractivity contribution is 5.38. The molecular formula is C14H18O3. The second kappa shape index (κ2) is 4.67. The van der Waals surface area contributed by atoms with Crippen LogP contribution in [0.25, 0.3) is 0 Å². The van der Waals surface area contributed by atoms with Gasteiger partial charge in [-0.3, -0.25) is 0 Å². The average Bonchev–Trinajstić information content (AvgIpc) is 2.82. The fourth-order valence-electron chi connectivity index (χ4n) is 2.64. The summed E-state index contributed by atoms with van der Waals surface area (Å²) >= 11 is 0. The molecule has 1 aromatic carbocycles. The number of aliphatic hydroxyl groups excluding tert-OH is 1. The first-order valence-electron chi connectivity index (χ1n) is 6.38. The fourth-order valence-corrected chi connectivity index (χ4v) is 2.64. The van der Waals surface area contributed by atoms with Crippen LogP contribution in [0.2, 0.25) is 0 Å². The van der Waals surface area contributed by atoms with Crippen LogP contribution in [0.5, 0.6) is 5.75 Å². The molecule has 0 radical (unpaired) electrons. The first-order chi connectivity index (χ1) is 8.33. The lowest BCUT2D eigenvalue weighted by Crippen LogP contribution is -2.16. The number of ether oxygens (including phenoxy) is 2. The quantitative estimate of drug-likeness (QED) is 0.852. The zero-order chi connectivity index (χ0) is 11.7. The van der Waals surface area contributed by atoms with E-state index in [9.17, 15) is 5.11 Å². The summed E-state index contributed by atoms with van der Waals surface area (Å²) in [5.74, 6) is 0.911. The Morgan fingerprint density at radius 1 is 1.29 bits per heavy atom. The molecule has 17 heavy (non-hydrogen) atoms. The largest absolute Gasteiger partial charge is 0.488 e. The van der Waals surface area contributed by atoms with Crippen molar-refractivity contribution < 1.29 is 14.6 Å². The van der Waals surface area contributed by atoms with Gasteiger partial charge in [0, 0.05) is 6.42 Å². The fraction of sp³-hybridized carbons (Fsp3) is 0.571. The van der Waals surface area contributed by atoms with Crippen LogP contribution in [-0.2, 0) is 11.2 Å². The van der Waals surface area contributed by atoms with E-state index in [1.165, 1.54) is 5.56 Å². The highest BCUT2D eigenvalue weighted by Gasteiger charge is 2.20. The van der Waals surface area contributed by atoms with Crippen molar-refractivity contribution in [2.45, 2.75) is 37.9 Å². The van der Waals surface area contributed by atoms with E-state index in [0.29, 0.717) is 6.61 Å². The van der Waals surface area contributed by atoms with E-state index < -0.39 is 0 Å². The molecule has 1 aromatic rings. The summed E-state index contributed by atoms with van der Waals surface area (Å²) in [6.07, 6.45) is 3.86. The zero-order valence-corrected chi connectivity index (χ0v) is 9.89. The van der Waals surface area contributed by atoms with Crippen LogP contribution < -0.4 is 4.74 Å². The summed E-state index contributed by atoms with van der Waals surface area (Å²) in [6.45, 7) is 1.49. The van der Waals surface area contributed by atoms with E-state index >= 15 is 0 Å². The molecule has 3 heteroatoms. The van der Waals surface area contributed by atoms with E-state index in [4.69, 9.17) is 9.47 Å². The summed E-state index contributed by atoms with van der Waals surface area (Å²) < 4.78 is 11.2. The Labute approximate surface area is 101 Å². The molecule has 2 aliphatic rings. The number of benzene rings is 1. The first kappa shape index (κ1) is 11.1. The van der Waals surface area contributed by atoms with Crippen molar-refractivity contribution in [1.82, 2.24) is 0 Å². The highest BCUT2D eigenvalue weighted by atomic mass is 16.5. The maximum Gasteiger partial charge on any atom is 0.124 e. The number of aryl methyl sites for hydroxylation is 1. The van der Waals surface area contributed by atoms with E-state index in [-0.39, 0.29) is 12.2 Å². The Hall–Kier alpha value is -1.06. The maximum atomic E-state index is 9.88. The molecule has 1 heterocycles. The molecule has 92 valence electrons. The van der Waals surface area contributed by atoms with Gasteiger partial charge < -0.3 is 14.6 Å². The molecule has 3 rings (SSSR count). The molecule has 1 N–H and O–H groups in total. The van der Waals surface area contributed by atoms with Gasteiger partial charge in [-0.15, -0.1) is 0 Å². The van der Waals surface area contributed by atoms with Crippen LogP contribution in [0.4, 0.5) is 0 Å². The third kappa shape index (κ3) is 2.31. The van der Waals surface area contributed by atoms with Crippen molar-refractivity contribution in [3.8, 4) is 5.75 Å². The molecule has 0 spiro atoms. The lowest BCUT2D eigenvalue weighted by Gasteiger charge is -2.22. The van der Waals surface area contributed by atoms with Crippen molar-refractivity contribution in [2.24, 2.45) is 0 Å². The maximum absolute atomic E-state index is 9.88. The Morgan fingerprint density at radius 3 is 3.06 bits per heavy atom.